The summed E-state index contributed by atoms with van der Waals surface area (Å²) < 4.78 is 0. The summed E-state index contributed by atoms with van der Waals surface area (Å²) in [5.41, 5.74) is 7.71. The Hall–Kier alpha value is -0.760. The van der Waals surface area contributed by atoms with Crippen molar-refractivity contribution in [1.82, 2.24) is 4.98 Å². The summed E-state index contributed by atoms with van der Waals surface area (Å²) in [6.07, 6.45) is 5.39. The number of aryl methyl sites for hydroxylation is 1. The second-order valence-corrected chi connectivity index (χ2v) is 4.43. The molecule has 0 aliphatic heterocycles. The second-order valence-electron chi connectivity index (χ2n) is 3.87. The lowest BCUT2D eigenvalue weighted by Crippen LogP contribution is -2.09. The van der Waals surface area contributed by atoms with Crippen LogP contribution < -0.4 is 5.73 Å². The maximum atomic E-state index is 6.16. The molecule has 0 bridgehead atoms. The lowest BCUT2D eigenvalue weighted by atomic mass is 10.0. The molecule has 1 atom stereocenters. The van der Waals surface area contributed by atoms with Gasteiger partial charge in [-0.3, -0.25) is 4.98 Å². The minimum atomic E-state index is 0.217. The average molecular weight is 213 g/mol. The van der Waals surface area contributed by atoms with E-state index in [2.05, 4.69) is 18.8 Å². The smallest absolute Gasteiger partial charge is 0.0377 e. The lowest BCUT2D eigenvalue weighted by molar-refractivity contribution is 0.565. The number of anilines is 1. The van der Waals surface area contributed by atoms with Gasteiger partial charge < -0.3 is 5.73 Å². The summed E-state index contributed by atoms with van der Waals surface area (Å²) in [5.74, 6) is 0.509. The monoisotopic (exact) mass is 212 g/mol. The average Bonchev–Trinajstić information content (AvgIpc) is 2.16. The predicted molar refractivity (Wildman–Crippen MR) is 61.4 cm³/mol. The Labute approximate surface area is 90.5 Å². The molecule has 0 saturated heterocycles. The number of nitrogen functional groups attached to an aromatic ring is 1. The first-order chi connectivity index (χ1) is 6.61. The third-order valence-electron chi connectivity index (χ3n) is 2.35. The quantitative estimate of drug-likeness (QED) is 0.780. The molecule has 14 heavy (non-hydrogen) atoms. The van der Waals surface area contributed by atoms with Crippen molar-refractivity contribution < 1.29 is 0 Å². The molecule has 2 N–H and O–H groups in total. The Morgan fingerprint density at radius 3 is 2.79 bits per heavy atom. The highest BCUT2D eigenvalue weighted by Crippen LogP contribution is 2.18. The highest BCUT2D eigenvalue weighted by Gasteiger charge is 2.10. The summed E-state index contributed by atoms with van der Waals surface area (Å²) in [6.45, 7) is 4.26. The highest BCUT2D eigenvalue weighted by atomic mass is 35.5. The number of nitrogens with zero attached hydrogens (tertiary/aromatic N) is 1. The Morgan fingerprint density at radius 2 is 2.21 bits per heavy atom. The van der Waals surface area contributed by atoms with E-state index in [1.807, 2.05) is 12.3 Å². The van der Waals surface area contributed by atoms with Gasteiger partial charge >= 0.3 is 0 Å². The van der Waals surface area contributed by atoms with Gasteiger partial charge in [-0.2, -0.15) is 0 Å². The molecule has 0 amide bonds. The fraction of sp³-hybridized carbons (Fsp3) is 0.545. The number of pyridine rings is 1. The normalized spacial score (nSPS) is 13.1. The van der Waals surface area contributed by atoms with Crippen molar-refractivity contribution in [2.24, 2.45) is 5.92 Å². The van der Waals surface area contributed by atoms with Crippen molar-refractivity contribution in [2.75, 3.05) is 5.73 Å². The molecule has 78 valence electrons. The zero-order valence-corrected chi connectivity index (χ0v) is 9.46. The molecule has 0 spiro atoms. The molecule has 2 nitrogen and oxygen atoms in total. The summed E-state index contributed by atoms with van der Waals surface area (Å²) in [5, 5.41) is 0.217. The maximum Gasteiger partial charge on any atom is 0.0377 e. The van der Waals surface area contributed by atoms with Gasteiger partial charge in [-0.05, 0) is 30.4 Å². The van der Waals surface area contributed by atoms with Crippen molar-refractivity contribution in [1.29, 1.82) is 0 Å². The largest absolute Gasteiger partial charge is 0.398 e. The molecule has 0 aromatic carbocycles. The zero-order valence-electron chi connectivity index (χ0n) is 8.70. The van der Waals surface area contributed by atoms with Crippen LogP contribution in [-0.2, 0) is 6.42 Å². The third-order valence-corrected chi connectivity index (χ3v) is 3.08. The fourth-order valence-electron chi connectivity index (χ4n) is 1.27. The number of nitrogens with two attached hydrogens (primary N) is 1. The van der Waals surface area contributed by atoms with Crippen LogP contribution in [0.4, 0.5) is 5.69 Å². The van der Waals surface area contributed by atoms with Crippen LogP contribution >= 0.6 is 11.6 Å². The van der Waals surface area contributed by atoms with Crippen LogP contribution in [0.1, 0.15) is 25.8 Å². The van der Waals surface area contributed by atoms with Crippen LogP contribution in [0.2, 0.25) is 0 Å². The Balaban J connectivity index is 2.50. The third kappa shape index (κ3) is 3.18. The molecule has 1 aromatic heterocycles. The first-order valence-corrected chi connectivity index (χ1v) is 5.37. The van der Waals surface area contributed by atoms with Gasteiger partial charge in [0.15, 0.2) is 0 Å². The van der Waals surface area contributed by atoms with Gasteiger partial charge in [0.2, 0.25) is 0 Å². The van der Waals surface area contributed by atoms with Gasteiger partial charge in [0, 0.05) is 23.5 Å². The van der Waals surface area contributed by atoms with Gasteiger partial charge in [0.05, 0.1) is 0 Å². The molecule has 1 aromatic rings. The second kappa shape index (κ2) is 5.20. The Morgan fingerprint density at radius 1 is 1.50 bits per heavy atom. The summed E-state index contributed by atoms with van der Waals surface area (Å²) >= 11 is 6.16. The summed E-state index contributed by atoms with van der Waals surface area (Å²) in [4.78, 5) is 4.05. The van der Waals surface area contributed by atoms with Crippen LogP contribution in [0.5, 0.6) is 0 Å². The van der Waals surface area contributed by atoms with E-state index in [4.69, 9.17) is 17.3 Å². The number of hydrogen-bond donors (Lipinski definition) is 1. The van der Waals surface area contributed by atoms with E-state index in [-0.39, 0.29) is 5.38 Å². The van der Waals surface area contributed by atoms with Crippen molar-refractivity contribution >= 4 is 17.3 Å². The van der Waals surface area contributed by atoms with Crippen molar-refractivity contribution in [3.63, 3.8) is 0 Å². The molecule has 0 fully saturated rings. The number of rotatable bonds is 4. The zero-order chi connectivity index (χ0) is 10.6. The van der Waals surface area contributed by atoms with Gasteiger partial charge in [-0.1, -0.05) is 13.8 Å². The fourth-order valence-corrected chi connectivity index (χ4v) is 1.38. The Bertz CT molecular complexity index is 286. The number of aromatic nitrogens is 1. The van der Waals surface area contributed by atoms with E-state index in [1.165, 1.54) is 0 Å². The van der Waals surface area contributed by atoms with E-state index >= 15 is 0 Å². The SMILES string of the molecule is CC(C)C(Cl)CCc1cnccc1N. The molecular formula is C11H17ClN2. The molecule has 1 unspecified atom stereocenters. The van der Waals surface area contributed by atoms with E-state index in [0.717, 1.165) is 24.1 Å². The minimum absolute atomic E-state index is 0.217. The van der Waals surface area contributed by atoms with Crippen LogP contribution in [-0.4, -0.2) is 10.4 Å². The standard InChI is InChI=1S/C11H17ClN2/c1-8(2)10(12)4-3-9-7-14-6-5-11(9)13/h5-8,10H,3-4H2,1-2H3,(H2,13,14). The highest BCUT2D eigenvalue weighted by molar-refractivity contribution is 6.20. The molecular weight excluding hydrogens is 196 g/mol. The summed E-state index contributed by atoms with van der Waals surface area (Å²) in [6, 6.07) is 1.83. The van der Waals surface area contributed by atoms with E-state index < -0.39 is 0 Å². The minimum Gasteiger partial charge on any atom is -0.398 e. The van der Waals surface area contributed by atoms with Gasteiger partial charge in [-0.25, -0.2) is 0 Å². The van der Waals surface area contributed by atoms with Crippen LogP contribution in [0.15, 0.2) is 18.5 Å². The molecule has 3 heteroatoms. The molecule has 0 radical (unpaired) electrons. The van der Waals surface area contributed by atoms with E-state index in [9.17, 15) is 0 Å². The van der Waals surface area contributed by atoms with Crippen LogP contribution in [0.3, 0.4) is 0 Å². The first kappa shape index (κ1) is 11.3. The van der Waals surface area contributed by atoms with Gasteiger partial charge in [-0.15, -0.1) is 11.6 Å². The van der Waals surface area contributed by atoms with Gasteiger partial charge in [0.1, 0.15) is 0 Å². The van der Waals surface area contributed by atoms with Crippen molar-refractivity contribution in [2.45, 2.75) is 32.1 Å². The number of alkyl halides is 1. The molecule has 0 saturated carbocycles. The van der Waals surface area contributed by atoms with Crippen LogP contribution in [0, 0.1) is 5.92 Å². The predicted octanol–water partition coefficient (Wildman–Crippen LogP) is 2.86. The van der Waals surface area contributed by atoms with Crippen molar-refractivity contribution in [3.8, 4) is 0 Å². The van der Waals surface area contributed by atoms with E-state index in [0.29, 0.717) is 5.92 Å². The molecule has 1 rings (SSSR count). The maximum absolute atomic E-state index is 6.16. The lowest BCUT2D eigenvalue weighted by Gasteiger charge is -2.13. The van der Waals surface area contributed by atoms with Gasteiger partial charge in [0.25, 0.3) is 0 Å². The van der Waals surface area contributed by atoms with Crippen molar-refractivity contribution in [3.05, 3.63) is 24.0 Å². The topological polar surface area (TPSA) is 38.9 Å². The molecule has 0 aliphatic rings. The van der Waals surface area contributed by atoms with E-state index in [1.54, 1.807) is 6.20 Å². The summed E-state index contributed by atoms with van der Waals surface area (Å²) in [7, 11) is 0. The molecule has 0 aliphatic carbocycles. The molecule has 1 heterocycles. The Kier molecular flexibility index (Phi) is 4.21. The number of hydrogen-bond acceptors (Lipinski definition) is 2. The first-order valence-electron chi connectivity index (χ1n) is 4.93. The number of halogens is 1. The van der Waals surface area contributed by atoms with Crippen LogP contribution in [0.25, 0.3) is 0 Å².